The van der Waals surface area contributed by atoms with Crippen LogP contribution in [0.1, 0.15) is 16.4 Å². The summed E-state index contributed by atoms with van der Waals surface area (Å²) in [5, 5.41) is 7.84. The van der Waals surface area contributed by atoms with Crippen molar-refractivity contribution in [2.45, 2.75) is 16.6 Å². The Labute approximate surface area is 166 Å². The molecule has 28 heavy (non-hydrogen) atoms. The van der Waals surface area contributed by atoms with Crippen LogP contribution >= 0.6 is 23.4 Å². The van der Waals surface area contributed by atoms with E-state index < -0.39 is 28.6 Å². The van der Waals surface area contributed by atoms with Crippen molar-refractivity contribution in [3.63, 3.8) is 0 Å². The quantitative estimate of drug-likeness (QED) is 0.520. The first kappa shape index (κ1) is 20.0. The van der Waals surface area contributed by atoms with Gasteiger partial charge in [-0.05, 0) is 23.8 Å². The van der Waals surface area contributed by atoms with Crippen molar-refractivity contribution < 1.29 is 18.0 Å². The molecule has 3 aromatic rings. The summed E-state index contributed by atoms with van der Waals surface area (Å²) < 4.78 is 39.9. The Kier molecular flexibility index (Phi) is 5.80. The number of rotatable bonds is 5. The minimum absolute atomic E-state index is 0.0618. The SMILES string of the molecule is Nc1nc(SC(C(=O)Nc2ccc(Cl)cc2C(F)(F)F)c2ccccc2)n[nH]1. The van der Waals surface area contributed by atoms with Crippen LogP contribution in [-0.2, 0) is 11.0 Å². The van der Waals surface area contributed by atoms with Crippen LogP contribution < -0.4 is 11.1 Å². The largest absolute Gasteiger partial charge is 0.418 e. The molecule has 1 aromatic heterocycles. The highest BCUT2D eigenvalue weighted by Gasteiger charge is 2.35. The zero-order valence-electron chi connectivity index (χ0n) is 14.0. The van der Waals surface area contributed by atoms with E-state index in [-0.39, 0.29) is 16.1 Å². The maximum Gasteiger partial charge on any atom is 0.418 e. The third kappa shape index (κ3) is 4.76. The van der Waals surface area contributed by atoms with Gasteiger partial charge in [0.2, 0.25) is 17.0 Å². The van der Waals surface area contributed by atoms with Crippen LogP contribution in [-0.4, -0.2) is 21.1 Å². The van der Waals surface area contributed by atoms with Crippen molar-refractivity contribution in [3.8, 4) is 0 Å². The molecule has 1 unspecified atom stereocenters. The Morgan fingerprint density at radius 1 is 1.21 bits per heavy atom. The molecule has 0 fully saturated rings. The minimum Gasteiger partial charge on any atom is -0.368 e. The van der Waals surface area contributed by atoms with Crippen LogP contribution in [0.25, 0.3) is 0 Å². The van der Waals surface area contributed by atoms with E-state index in [9.17, 15) is 18.0 Å². The van der Waals surface area contributed by atoms with E-state index in [0.717, 1.165) is 23.9 Å². The molecule has 0 aliphatic carbocycles. The maximum absolute atomic E-state index is 13.3. The molecule has 1 amide bonds. The van der Waals surface area contributed by atoms with Crippen LogP contribution in [0.4, 0.5) is 24.8 Å². The van der Waals surface area contributed by atoms with Crippen molar-refractivity contribution in [1.82, 2.24) is 15.2 Å². The van der Waals surface area contributed by atoms with Crippen LogP contribution in [0.2, 0.25) is 5.02 Å². The molecule has 146 valence electrons. The van der Waals surface area contributed by atoms with Gasteiger partial charge in [0.1, 0.15) is 5.25 Å². The zero-order chi connectivity index (χ0) is 20.3. The normalized spacial score (nSPS) is 12.6. The molecule has 1 heterocycles. The topological polar surface area (TPSA) is 96.7 Å². The number of carbonyl (C=O) groups is 1. The molecular weight excluding hydrogens is 415 g/mol. The van der Waals surface area contributed by atoms with E-state index in [1.54, 1.807) is 30.3 Å². The summed E-state index contributed by atoms with van der Waals surface area (Å²) in [7, 11) is 0. The number of nitrogen functional groups attached to an aromatic ring is 1. The second-order valence-electron chi connectivity index (χ2n) is 5.59. The summed E-state index contributed by atoms with van der Waals surface area (Å²) >= 11 is 6.63. The molecule has 0 aliphatic rings. The predicted molar refractivity (Wildman–Crippen MR) is 101 cm³/mol. The third-order valence-electron chi connectivity index (χ3n) is 3.59. The standard InChI is InChI=1S/C17H13ClF3N5OS/c18-10-6-7-12(11(8-10)17(19,20)21)23-14(27)13(9-4-2-1-3-5-9)28-16-24-15(22)25-26-16/h1-8,13H,(H,23,27)(H3,22,24,25,26). The number of H-pyrrole nitrogens is 1. The molecule has 4 N–H and O–H groups in total. The molecule has 1 atom stereocenters. The van der Waals surface area contributed by atoms with E-state index >= 15 is 0 Å². The highest BCUT2D eigenvalue weighted by Crippen LogP contribution is 2.39. The number of nitrogens with one attached hydrogen (secondary N) is 2. The van der Waals surface area contributed by atoms with Crippen molar-refractivity contribution >= 4 is 40.9 Å². The Morgan fingerprint density at radius 3 is 2.54 bits per heavy atom. The summed E-state index contributed by atoms with van der Waals surface area (Å²) in [6.45, 7) is 0. The molecule has 0 aliphatic heterocycles. The summed E-state index contributed by atoms with van der Waals surface area (Å²) in [6, 6.07) is 11.7. The monoisotopic (exact) mass is 427 g/mol. The number of benzene rings is 2. The van der Waals surface area contributed by atoms with E-state index in [4.69, 9.17) is 17.3 Å². The average molecular weight is 428 g/mol. The highest BCUT2D eigenvalue weighted by molar-refractivity contribution is 8.00. The smallest absolute Gasteiger partial charge is 0.368 e. The number of alkyl halides is 3. The lowest BCUT2D eigenvalue weighted by Crippen LogP contribution is -2.21. The Morgan fingerprint density at radius 2 is 1.93 bits per heavy atom. The molecule has 2 aromatic carbocycles. The van der Waals surface area contributed by atoms with E-state index in [1.807, 2.05) is 0 Å². The molecule has 0 radical (unpaired) electrons. The van der Waals surface area contributed by atoms with Gasteiger partial charge in [0.15, 0.2) is 0 Å². The van der Waals surface area contributed by atoms with E-state index in [1.165, 1.54) is 6.07 Å². The number of hydrogen-bond acceptors (Lipinski definition) is 5. The number of anilines is 2. The van der Waals surface area contributed by atoms with Crippen molar-refractivity contribution in [2.24, 2.45) is 0 Å². The molecule has 3 rings (SSSR count). The second kappa shape index (κ2) is 8.11. The van der Waals surface area contributed by atoms with Gasteiger partial charge in [-0.25, -0.2) is 5.10 Å². The van der Waals surface area contributed by atoms with Crippen LogP contribution in [0.5, 0.6) is 0 Å². The Bertz CT molecular complexity index is 980. The summed E-state index contributed by atoms with van der Waals surface area (Å²) in [5.41, 5.74) is 4.63. The van der Waals surface area contributed by atoms with Crippen LogP contribution in [0.3, 0.4) is 0 Å². The van der Waals surface area contributed by atoms with Crippen molar-refractivity contribution in [3.05, 3.63) is 64.7 Å². The van der Waals surface area contributed by atoms with Gasteiger partial charge in [-0.1, -0.05) is 53.7 Å². The molecular formula is C17H13ClF3N5OS. The lowest BCUT2D eigenvalue weighted by atomic mass is 10.1. The molecule has 0 bridgehead atoms. The summed E-state index contributed by atoms with van der Waals surface area (Å²) in [4.78, 5) is 16.8. The van der Waals surface area contributed by atoms with Crippen molar-refractivity contribution in [2.75, 3.05) is 11.1 Å². The fourth-order valence-corrected chi connectivity index (χ4v) is 3.47. The number of halogens is 4. The summed E-state index contributed by atoms with van der Waals surface area (Å²) in [6.07, 6.45) is -4.68. The lowest BCUT2D eigenvalue weighted by molar-refractivity contribution is -0.137. The third-order valence-corrected chi connectivity index (χ3v) is 4.94. The van der Waals surface area contributed by atoms with Gasteiger partial charge in [-0.15, -0.1) is 5.10 Å². The van der Waals surface area contributed by atoms with Gasteiger partial charge >= 0.3 is 6.18 Å². The van der Waals surface area contributed by atoms with Gasteiger partial charge in [0.25, 0.3) is 0 Å². The number of hydrogen-bond donors (Lipinski definition) is 3. The predicted octanol–water partition coefficient (Wildman–Crippen LogP) is 4.53. The van der Waals surface area contributed by atoms with Gasteiger partial charge < -0.3 is 11.1 Å². The molecule has 11 heteroatoms. The van der Waals surface area contributed by atoms with Crippen molar-refractivity contribution in [1.29, 1.82) is 0 Å². The molecule has 6 nitrogen and oxygen atoms in total. The summed E-state index contributed by atoms with van der Waals surface area (Å²) in [5.74, 6) is -0.612. The average Bonchev–Trinajstić information content (AvgIpc) is 3.06. The maximum atomic E-state index is 13.3. The van der Waals surface area contributed by atoms with Gasteiger partial charge in [0, 0.05) is 5.02 Å². The fraction of sp³-hybridized carbons (Fsp3) is 0.118. The number of aromatic amines is 1. The van der Waals surface area contributed by atoms with Crippen LogP contribution in [0.15, 0.2) is 53.7 Å². The molecule has 0 saturated carbocycles. The number of thioether (sulfide) groups is 1. The molecule has 0 spiro atoms. The first-order chi connectivity index (χ1) is 13.2. The Hall–Kier alpha value is -2.72. The minimum atomic E-state index is -4.68. The van der Waals surface area contributed by atoms with Gasteiger partial charge in [0.05, 0.1) is 11.3 Å². The second-order valence-corrected chi connectivity index (χ2v) is 7.10. The number of nitrogens with zero attached hydrogens (tertiary/aromatic N) is 2. The lowest BCUT2D eigenvalue weighted by Gasteiger charge is -2.18. The molecule has 0 saturated heterocycles. The number of aromatic nitrogens is 3. The number of nitrogens with two attached hydrogens (primary N) is 1. The zero-order valence-corrected chi connectivity index (χ0v) is 15.6. The van der Waals surface area contributed by atoms with E-state index in [0.29, 0.717) is 5.56 Å². The highest BCUT2D eigenvalue weighted by atomic mass is 35.5. The first-order valence-electron chi connectivity index (χ1n) is 7.81. The fourth-order valence-electron chi connectivity index (χ4n) is 2.38. The first-order valence-corrected chi connectivity index (χ1v) is 9.07. The van der Waals surface area contributed by atoms with E-state index in [2.05, 4.69) is 20.5 Å². The van der Waals surface area contributed by atoms with Crippen LogP contribution in [0, 0.1) is 0 Å². The van der Waals surface area contributed by atoms with Gasteiger partial charge in [-0.2, -0.15) is 18.2 Å². The van der Waals surface area contributed by atoms with Gasteiger partial charge in [-0.3, -0.25) is 4.79 Å². The number of carbonyl (C=O) groups excluding carboxylic acids is 1. The Balaban J connectivity index is 1.92. The number of amides is 1.